The van der Waals surface area contributed by atoms with Crippen LogP contribution in [0.2, 0.25) is 0 Å². The molecule has 3 nitrogen and oxygen atoms in total. The van der Waals surface area contributed by atoms with Crippen molar-refractivity contribution in [3.05, 3.63) is 59.7 Å². The third kappa shape index (κ3) is 2.30. The fourth-order valence-electron chi connectivity index (χ4n) is 4.02. The number of fused-ring (bicyclic) bond motifs is 5. The van der Waals surface area contributed by atoms with Gasteiger partial charge in [0, 0.05) is 16.8 Å². The maximum Gasteiger partial charge on any atom is 0.164 e. The Morgan fingerprint density at radius 3 is 1.83 bits per heavy atom. The largest absolute Gasteiger partial charge is 0.339 e. The third-order valence-corrected chi connectivity index (χ3v) is 8.35. The minimum absolute atomic E-state index is 0.218. The first-order chi connectivity index (χ1) is 11.5. The lowest BCUT2D eigenvalue weighted by atomic mass is 9.99. The monoisotopic (exact) mass is 342 g/mol. The summed E-state index contributed by atoms with van der Waals surface area (Å²) in [4.78, 5) is 0. The van der Waals surface area contributed by atoms with Gasteiger partial charge in [0.15, 0.2) is 5.79 Å². The van der Waals surface area contributed by atoms with Crippen molar-refractivity contribution in [2.24, 2.45) is 0 Å². The molecule has 24 heavy (non-hydrogen) atoms. The van der Waals surface area contributed by atoms with Crippen LogP contribution in [-0.4, -0.2) is 11.9 Å². The fourth-order valence-corrected chi connectivity index (χ4v) is 7.28. The summed E-state index contributed by atoms with van der Waals surface area (Å²) in [6.07, 6.45) is 1.11. The van der Waals surface area contributed by atoms with Crippen LogP contribution >= 0.6 is 7.14 Å². The Kier molecular flexibility index (Phi) is 3.72. The van der Waals surface area contributed by atoms with Crippen LogP contribution in [0, 0.1) is 0 Å². The smallest absolute Gasteiger partial charge is 0.164 e. The molecule has 0 bridgehead atoms. The Bertz CT molecular complexity index is 766. The maximum atomic E-state index is 14.2. The molecule has 2 aromatic rings. The summed E-state index contributed by atoms with van der Waals surface area (Å²) in [5.41, 5.74) is 2.03. The van der Waals surface area contributed by atoms with Gasteiger partial charge in [-0.25, -0.2) is 0 Å². The quantitative estimate of drug-likeness (QED) is 0.764. The lowest BCUT2D eigenvalue weighted by molar-refractivity contribution is -0.147. The molecular weight excluding hydrogens is 319 g/mol. The van der Waals surface area contributed by atoms with Gasteiger partial charge in [-0.3, -0.25) is 0 Å². The second kappa shape index (κ2) is 5.56. The molecule has 2 atom stereocenters. The van der Waals surface area contributed by atoms with E-state index in [0.29, 0.717) is 6.16 Å². The van der Waals surface area contributed by atoms with E-state index < -0.39 is 12.9 Å². The molecule has 0 unspecified atom stereocenters. The minimum Gasteiger partial charge on any atom is -0.339 e. The van der Waals surface area contributed by atoms with Gasteiger partial charge >= 0.3 is 0 Å². The van der Waals surface area contributed by atoms with Crippen molar-refractivity contribution >= 4 is 17.8 Å². The minimum atomic E-state index is -2.69. The molecule has 0 aromatic heterocycles. The van der Waals surface area contributed by atoms with Crippen LogP contribution in [0.15, 0.2) is 48.5 Å². The molecule has 1 saturated heterocycles. The third-order valence-electron chi connectivity index (χ3n) is 4.90. The van der Waals surface area contributed by atoms with Gasteiger partial charge in [0.25, 0.3) is 0 Å². The summed E-state index contributed by atoms with van der Waals surface area (Å²) >= 11 is 0. The van der Waals surface area contributed by atoms with E-state index in [9.17, 15) is 4.57 Å². The van der Waals surface area contributed by atoms with Crippen LogP contribution in [0.25, 0.3) is 0 Å². The summed E-state index contributed by atoms with van der Waals surface area (Å²) in [6, 6.07) is 16.1. The van der Waals surface area contributed by atoms with Crippen LogP contribution in [0.3, 0.4) is 0 Å². The first-order valence-electron chi connectivity index (χ1n) is 8.60. The number of rotatable bonds is 2. The second-order valence-electron chi connectivity index (χ2n) is 7.06. The van der Waals surface area contributed by atoms with Crippen molar-refractivity contribution in [2.45, 2.75) is 45.2 Å². The molecule has 0 saturated carbocycles. The zero-order chi connectivity index (χ0) is 16.9. The highest BCUT2D eigenvalue weighted by molar-refractivity contribution is 7.78. The zero-order valence-electron chi connectivity index (χ0n) is 14.4. The Morgan fingerprint density at radius 1 is 0.917 bits per heavy atom. The van der Waals surface area contributed by atoms with Gasteiger partial charge in [-0.15, -0.1) is 0 Å². The molecule has 2 heterocycles. The van der Waals surface area contributed by atoms with Crippen LogP contribution in [0.1, 0.15) is 50.5 Å². The predicted molar refractivity (Wildman–Crippen MR) is 96.6 cm³/mol. The molecule has 0 spiro atoms. The first-order valence-corrected chi connectivity index (χ1v) is 10.5. The van der Waals surface area contributed by atoms with Gasteiger partial charge < -0.3 is 14.0 Å². The summed E-state index contributed by atoms with van der Waals surface area (Å²) < 4.78 is 26.7. The molecule has 2 aliphatic heterocycles. The standard InChI is InChI=1S/C20H23O3P/c1-4-13-24(21)16-11-7-5-9-14(16)18-19(23-20(2,3)22-18)15-10-6-8-12-17(15)24/h5-12,18-19H,4,13H2,1-3H3/t18-,19-/m1/s1. The average molecular weight is 342 g/mol. The van der Waals surface area contributed by atoms with Gasteiger partial charge in [-0.2, -0.15) is 0 Å². The molecule has 0 radical (unpaired) electrons. The highest BCUT2D eigenvalue weighted by Crippen LogP contribution is 2.56. The highest BCUT2D eigenvalue weighted by Gasteiger charge is 2.49. The molecule has 2 aliphatic rings. The summed E-state index contributed by atoms with van der Waals surface area (Å²) in [5, 5.41) is 1.88. The van der Waals surface area contributed by atoms with Gasteiger partial charge in [0.1, 0.15) is 19.3 Å². The zero-order valence-corrected chi connectivity index (χ0v) is 15.3. The van der Waals surface area contributed by atoms with Crippen LogP contribution in [0.5, 0.6) is 0 Å². The molecule has 4 heteroatoms. The predicted octanol–water partition coefficient (Wildman–Crippen LogP) is 4.29. The van der Waals surface area contributed by atoms with Crippen LogP contribution in [0.4, 0.5) is 0 Å². The van der Waals surface area contributed by atoms with E-state index >= 15 is 0 Å². The Morgan fingerprint density at radius 2 is 1.38 bits per heavy atom. The number of benzene rings is 2. The van der Waals surface area contributed by atoms with Gasteiger partial charge in [0.05, 0.1) is 0 Å². The number of ether oxygens (including phenoxy) is 2. The second-order valence-corrected chi connectivity index (χ2v) is 9.95. The van der Waals surface area contributed by atoms with Crippen molar-refractivity contribution < 1.29 is 14.0 Å². The summed E-state index contributed by atoms with van der Waals surface area (Å²) in [5.74, 6) is -0.651. The van der Waals surface area contributed by atoms with E-state index in [1.165, 1.54) is 0 Å². The summed E-state index contributed by atoms with van der Waals surface area (Å²) in [7, 11) is -2.69. The Balaban J connectivity index is 2.04. The van der Waals surface area contributed by atoms with Crippen LogP contribution in [-0.2, 0) is 14.0 Å². The number of hydrogen-bond donors (Lipinski definition) is 0. The van der Waals surface area contributed by atoms with Crippen molar-refractivity contribution in [2.75, 3.05) is 6.16 Å². The fraction of sp³-hybridized carbons (Fsp3) is 0.400. The molecular formula is C20H23O3P. The van der Waals surface area contributed by atoms with E-state index in [-0.39, 0.29) is 12.2 Å². The van der Waals surface area contributed by atoms with Crippen molar-refractivity contribution in [3.8, 4) is 0 Å². The van der Waals surface area contributed by atoms with Gasteiger partial charge in [-0.05, 0) is 31.4 Å². The normalized spacial score (nSPS) is 26.1. The Hall–Kier alpha value is -1.41. The Labute approximate surface area is 143 Å². The van der Waals surface area contributed by atoms with Crippen molar-refractivity contribution in [1.82, 2.24) is 0 Å². The number of hydrogen-bond acceptors (Lipinski definition) is 3. The summed E-state index contributed by atoms with van der Waals surface area (Å²) in [6.45, 7) is 5.98. The van der Waals surface area contributed by atoms with E-state index in [2.05, 4.69) is 6.92 Å². The average Bonchev–Trinajstić information content (AvgIpc) is 2.87. The van der Waals surface area contributed by atoms with Gasteiger partial charge in [-0.1, -0.05) is 55.5 Å². The van der Waals surface area contributed by atoms with Gasteiger partial charge in [0.2, 0.25) is 0 Å². The van der Waals surface area contributed by atoms with Crippen molar-refractivity contribution in [3.63, 3.8) is 0 Å². The molecule has 126 valence electrons. The molecule has 0 N–H and O–H groups in total. The topological polar surface area (TPSA) is 35.5 Å². The molecule has 0 amide bonds. The van der Waals surface area contributed by atoms with E-state index in [1.54, 1.807) is 0 Å². The van der Waals surface area contributed by atoms with E-state index in [1.807, 2.05) is 62.4 Å². The lowest BCUT2D eigenvalue weighted by Gasteiger charge is -2.24. The highest BCUT2D eigenvalue weighted by atomic mass is 31.2. The molecule has 0 aliphatic carbocycles. The van der Waals surface area contributed by atoms with Crippen LogP contribution < -0.4 is 10.6 Å². The molecule has 4 rings (SSSR count). The van der Waals surface area contributed by atoms with E-state index in [4.69, 9.17) is 9.47 Å². The maximum absolute atomic E-state index is 14.2. The van der Waals surface area contributed by atoms with Crippen molar-refractivity contribution in [1.29, 1.82) is 0 Å². The molecule has 2 aromatic carbocycles. The SMILES string of the molecule is CCCP1(=O)c2ccccc2[C@H]2OC(C)(C)O[C@@H]2c2ccccc21. The molecule has 1 fully saturated rings. The first kappa shape index (κ1) is 16.1. The lowest BCUT2D eigenvalue weighted by Crippen LogP contribution is -2.25. The van der Waals surface area contributed by atoms with E-state index in [0.717, 1.165) is 28.2 Å².